The Bertz CT molecular complexity index is 163. The average Bonchev–Trinajstić information content (AvgIpc) is 2.14. The zero-order chi connectivity index (χ0) is 9.80. The molecule has 2 saturated heterocycles. The van der Waals surface area contributed by atoms with Crippen LogP contribution in [-0.4, -0.2) is 48.6 Å². The minimum atomic E-state index is 0.805. The molecule has 1 atom stereocenters. The molecule has 2 fully saturated rings. The van der Waals surface area contributed by atoms with Crippen LogP contribution in [0, 0.1) is 0 Å². The molecule has 1 unspecified atom stereocenters. The van der Waals surface area contributed by atoms with E-state index in [1.807, 2.05) is 0 Å². The van der Waals surface area contributed by atoms with Gasteiger partial charge in [-0.2, -0.15) is 11.8 Å². The summed E-state index contributed by atoms with van der Waals surface area (Å²) in [6.45, 7) is 2.52. The van der Waals surface area contributed by atoms with Crippen molar-refractivity contribution in [1.82, 2.24) is 10.2 Å². The van der Waals surface area contributed by atoms with Gasteiger partial charge in [-0.15, -0.1) is 0 Å². The lowest BCUT2D eigenvalue weighted by atomic mass is 10.0. The van der Waals surface area contributed by atoms with Crippen molar-refractivity contribution in [3.05, 3.63) is 0 Å². The number of rotatable bonds is 4. The largest absolute Gasteiger partial charge is 0.314 e. The second-order valence-electron chi connectivity index (χ2n) is 4.61. The molecule has 3 heteroatoms. The van der Waals surface area contributed by atoms with Crippen molar-refractivity contribution in [2.75, 3.05) is 31.6 Å². The van der Waals surface area contributed by atoms with E-state index in [2.05, 4.69) is 29.0 Å². The van der Waals surface area contributed by atoms with Gasteiger partial charge >= 0.3 is 0 Å². The Morgan fingerprint density at radius 3 is 2.79 bits per heavy atom. The molecule has 2 aliphatic rings. The highest BCUT2D eigenvalue weighted by atomic mass is 32.2. The van der Waals surface area contributed by atoms with E-state index in [9.17, 15) is 0 Å². The first-order chi connectivity index (χ1) is 6.86. The lowest BCUT2D eigenvalue weighted by Gasteiger charge is -2.35. The summed E-state index contributed by atoms with van der Waals surface area (Å²) < 4.78 is 0. The number of thioether (sulfide) groups is 1. The highest BCUT2D eigenvalue weighted by Gasteiger charge is 2.23. The van der Waals surface area contributed by atoms with Crippen LogP contribution in [0.1, 0.15) is 25.7 Å². The third-order valence-corrected chi connectivity index (χ3v) is 4.73. The molecule has 14 heavy (non-hydrogen) atoms. The van der Waals surface area contributed by atoms with Crippen LogP contribution in [0.25, 0.3) is 0 Å². The Morgan fingerprint density at radius 2 is 2.21 bits per heavy atom. The molecule has 0 aromatic carbocycles. The van der Waals surface area contributed by atoms with Gasteiger partial charge < -0.3 is 10.2 Å². The van der Waals surface area contributed by atoms with E-state index in [0.29, 0.717) is 0 Å². The molecule has 0 spiro atoms. The summed E-state index contributed by atoms with van der Waals surface area (Å²) in [6, 6.07) is 1.68. The molecule has 2 nitrogen and oxygen atoms in total. The smallest absolute Gasteiger partial charge is 0.0273 e. The van der Waals surface area contributed by atoms with Gasteiger partial charge in [-0.25, -0.2) is 0 Å². The maximum atomic E-state index is 3.62. The van der Waals surface area contributed by atoms with Crippen LogP contribution >= 0.6 is 11.8 Å². The van der Waals surface area contributed by atoms with E-state index in [1.165, 1.54) is 50.3 Å². The van der Waals surface area contributed by atoms with E-state index in [0.717, 1.165) is 12.1 Å². The predicted molar refractivity (Wildman–Crippen MR) is 64.0 cm³/mol. The fourth-order valence-electron chi connectivity index (χ4n) is 2.19. The molecule has 0 saturated carbocycles. The summed E-state index contributed by atoms with van der Waals surface area (Å²) in [7, 11) is 2.28. The summed E-state index contributed by atoms with van der Waals surface area (Å²) in [5, 5.41) is 3.62. The molecule has 82 valence electrons. The Balaban J connectivity index is 1.60. The first kappa shape index (κ1) is 10.8. The van der Waals surface area contributed by atoms with Crippen LogP contribution in [0.4, 0.5) is 0 Å². The summed E-state index contributed by atoms with van der Waals surface area (Å²) in [4.78, 5) is 2.55. The lowest BCUT2D eigenvalue weighted by molar-refractivity contribution is 0.245. The predicted octanol–water partition coefficient (Wildman–Crippen LogP) is 1.57. The van der Waals surface area contributed by atoms with Crippen molar-refractivity contribution in [1.29, 1.82) is 0 Å². The first-order valence-corrected chi connectivity index (χ1v) is 7.03. The van der Waals surface area contributed by atoms with E-state index in [4.69, 9.17) is 0 Å². The number of nitrogens with zero attached hydrogens (tertiary/aromatic N) is 1. The zero-order valence-electron chi connectivity index (χ0n) is 9.17. The molecule has 0 aromatic rings. The minimum absolute atomic E-state index is 0.805. The topological polar surface area (TPSA) is 15.3 Å². The van der Waals surface area contributed by atoms with Crippen molar-refractivity contribution in [3.8, 4) is 0 Å². The Hall–Kier alpha value is 0.270. The number of piperidine rings is 1. The van der Waals surface area contributed by atoms with Gasteiger partial charge in [0.05, 0.1) is 0 Å². The normalized spacial score (nSPS) is 29.1. The van der Waals surface area contributed by atoms with Crippen LogP contribution in [0.5, 0.6) is 0 Å². The molecule has 2 rings (SSSR count). The van der Waals surface area contributed by atoms with Crippen LogP contribution in [0.3, 0.4) is 0 Å². The lowest BCUT2D eigenvalue weighted by Crippen LogP contribution is -2.44. The molecule has 0 amide bonds. The molecule has 0 aromatic heterocycles. The van der Waals surface area contributed by atoms with Gasteiger partial charge in [-0.3, -0.25) is 0 Å². The highest BCUT2D eigenvalue weighted by Crippen LogP contribution is 2.22. The van der Waals surface area contributed by atoms with Gasteiger partial charge in [0, 0.05) is 23.6 Å². The van der Waals surface area contributed by atoms with E-state index < -0.39 is 0 Å². The summed E-state index contributed by atoms with van der Waals surface area (Å²) in [6.07, 6.45) is 5.55. The fraction of sp³-hybridized carbons (Fsp3) is 1.00. The van der Waals surface area contributed by atoms with Crippen molar-refractivity contribution in [2.45, 2.75) is 37.8 Å². The van der Waals surface area contributed by atoms with Gasteiger partial charge in [-0.1, -0.05) is 6.42 Å². The van der Waals surface area contributed by atoms with Crippen molar-refractivity contribution >= 4 is 11.8 Å². The Morgan fingerprint density at radius 1 is 1.36 bits per heavy atom. The van der Waals surface area contributed by atoms with E-state index in [-0.39, 0.29) is 0 Å². The quantitative estimate of drug-likeness (QED) is 0.765. The molecular formula is C11H22N2S. The molecular weight excluding hydrogens is 192 g/mol. The second-order valence-corrected chi connectivity index (χ2v) is 5.68. The maximum Gasteiger partial charge on any atom is 0.0273 e. The number of hydrogen-bond donors (Lipinski definition) is 1. The fourth-order valence-corrected chi connectivity index (χ4v) is 3.15. The monoisotopic (exact) mass is 214 g/mol. The summed E-state index contributed by atoms with van der Waals surface area (Å²) in [5.74, 6) is 2.71. The van der Waals surface area contributed by atoms with Crippen molar-refractivity contribution < 1.29 is 0 Å². The third-order valence-electron chi connectivity index (χ3n) is 3.49. The zero-order valence-corrected chi connectivity index (χ0v) is 9.98. The van der Waals surface area contributed by atoms with Gasteiger partial charge in [0.25, 0.3) is 0 Å². The van der Waals surface area contributed by atoms with Crippen molar-refractivity contribution in [3.63, 3.8) is 0 Å². The molecule has 0 radical (unpaired) electrons. The standard InChI is InChI=1S/C11H22N2S/c1-13(11-8-14-9-11)7-5-10-4-2-3-6-12-10/h10-12H,2-9H2,1H3. The van der Waals surface area contributed by atoms with Crippen LogP contribution in [0.2, 0.25) is 0 Å². The Labute approximate surface area is 91.8 Å². The molecule has 1 N–H and O–H groups in total. The molecule has 2 aliphatic heterocycles. The highest BCUT2D eigenvalue weighted by molar-refractivity contribution is 8.00. The van der Waals surface area contributed by atoms with Crippen molar-refractivity contribution in [2.24, 2.45) is 0 Å². The van der Waals surface area contributed by atoms with Crippen LogP contribution < -0.4 is 5.32 Å². The van der Waals surface area contributed by atoms with Gasteiger partial charge in [0.15, 0.2) is 0 Å². The number of hydrogen-bond acceptors (Lipinski definition) is 3. The summed E-state index contributed by atoms with van der Waals surface area (Å²) >= 11 is 2.08. The van der Waals surface area contributed by atoms with Gasteiger partial charge in [0.2, 0.25) is 0 Å². The molecule has 0 aliphatic carbocycles. The molecule has 0 bridgehead atoms. The van der Waals surface area contributed by atoms with Gasteiger partial charge in [0.1, 0.15) is 0 Å². The van der Waals surface area contributed by atoms with E-state index >= 15 is 0 Å². The minimum Gasteiger partial charge on any atom is -0.314 e. The molecule has 2 heterocycles. The first-order valence-electron chi connectivity index (χ1n) is 5.87. The number of nitrogens with one attached hydrogen (secondary N) is 1. The van der Waals surface area contributed by atoms with Crippen LogP contribution in [-0.2, 0) is 0 Å². The maximum absolute atomic E-state index is 3.62. The van der Waals surface area contributed by atoms with Gasteiger partial charge in [-0.05, 0) is 39.4 Å². The Kier molecular flexibility index (Phi) is 4.14. The van der Waals surface area contributed by atoms with E-state index in [1.54, 1.807) is 0 Å². The SMILES string of the molecule is CN(CCC1CCCCN1)C1CSC1. The second kappa shape index (κ2) is 5.38. The average molecular weight is 214 g/mol. The third kappa shape index (κ3) is 2.88. The summed E-state index contributed by atoms with van der Waals surface area (Å²) in [5.41, 5.74) is 0. The van der Waals surface area contributed by atoms with Crippen LogP contribution in [0.15, 0.2) is 0 Å².